The van der Waals surface area contributed by atoms with E-state index in [2.05, 4.69) is 10.3 Å². The SMILES string of the molecule is COc1ccc(-n2nncc2CC(=O)O)cc1. The number of nitrogens with zero attached hydrogens (tertiary/aromatic N) is 3. The highest BCUT2D eigenvalue weighted by atomic mass is 16.5. The van der Waals surface area contributed by atoms with Crippen LogP contribution in [0.5, 0.6) is 5.75 Å². The molecule has 0 saturated carbocycles. The first-order valence-corrected chi connectivity index (χ1v) is 4.96. The number of aliphatic carboxylic acids is 1. The van der Waals surface area contributed by atoms with Gasteiger partial charge in [-0.1, -0.05) is 5.21 Å². The summed E-state index contributed by atoms with van der Waals surface area (Å²) in [5.74, 6) is -0.185. The fourth-order valence-corrected chi connectivity index (χ4v) is 1.47. The molecule has 0 aliphatic carbocycles. The molecule has 0 radical (unpaired) electrons. The van der Waals surface area contributed by atoms with Crippen molar-refractivity contribution in [2.75, 3.05) is 7.11 Å². The Hall–Kier alpha value is -2.37. The number of hydrogen-bond acceptors (Lipinski definition) is 4. The molecule has 6 nitrogen and oxygen atoms in total. The molecule has 0 saturated heterocycles. The summed E-state index contributed by atoms with van der Waals surface area (Å²) in [6.45, 7) is 0. The predicted octanol–water partition coefficient (Wildman–Crippen LogP) is 0.903. The fraction of sp³-hybridized carbons (Fsp3) is 0.182. The van der Waals surface area contributed by atoms with Gasteiger partial charge in [0.15, 0.2) is 0 Å². The first kappa shape index (κ1) is 11.1. The van der Waals surface area contributed by atoms with Gasteiger partial charge in [-0.3, -0.25) is 4.79 Å². The Bertz CT molecular complexity index is 519. The van der Waals surface area contributed by atoms with Gasteiger partial charge in [-0.15, -0.1) is 5.10 Å². The molecule has 17 heavy (non-hydrogen) atoms. The van der Waals surface area contributed by atoms with Crippen molar-refractivity contribution in [3.8, 4) is 11.4 Å². The summed E-state index contributed by atoms with van der Waals surface area (Å²) in [6.07, 6.45) is 1.33. The number of benzene rings is 1. The van der Waals surface area contributed by atoms with Crippen LogP contribution in [0, 0.1) is 0 Å². The van der Waals surface area contributed by atoms with Gasteiger partial charge in [-0.25, -0.2) is 4.68 Å². The van der Waals surface area contributed by atoms with Crippen LogP contribution in [-0.4, -0.2) is 33.2 Å². The summed E-state index contributed by atoms with van der Waals surface area (Å²) >= 11 is 0. The van der Waals surface area contributed by atoms with Gasteiger partial charge >= 0.3 is 5.97 Å². The maximum absolute atomic E-state index is 10.7. The topological polar surface area (TPSA) is 77.2 Å². The van der Waals surface area contributed by atoms with E-state index in [9.17, 15) is 4.79 Å². The molecule has 1 aromatic heterocycles. The van der Waals surface area contributed by atoms with E-state index in [1.54, 1.807) is 31.4 Å². The van der Waals surface area contributed by atoms with E-state index in [1.165, 1.54) is 10.9 Å². The summed E-state index contributed by atoms with van der Waals surface area (Å²) in [5, 5.41) is 16.3. The molecular weight excluding hydrogens is 222 g/mol. The molecule has 88 valence electrons. The maximum Gasteiger partial charge on any atom is 0.309 e. The third-order valence-corrected chi connectivity index (χ3v) is 2.27. The van der Waals surface area contributed by atoms with E-state index in [0.717, 1.165) is 11.4 Å². The molecule has 0 aliphatic heterocycles. The van der Waals surface area contributed by atoms with Gasteiger partial charge in [0.1, 0.15) is 5.75 Å². The van der Waals surface area contributed by atoms with Crippen LogP contribution in [-0.2, 0) is 11.2 Å². The molecule has 1 heterocycles. The zero-order chi connectivity index (χ0) is 12.3. The lowest BCUT2D eigenvalue weighted by Crippen LogP contribution is -2.07. The second-order valence-corrected chi connectivity index (χ2v) is 3.41. The summed E-state index contributed by atoms with van der Waals surface area (Å²) in [4.78, 5) is 10.7. The fourth-order valence-electron chi connectivity index (χ4n) is 1.47. The Labute approximate surface area is 97.4 Å². The van der Waals surface area contributed by atoms with Crippen LogP contribution in [0.15, 0.2) is 30.5 Å². The average Bonchev–Trinajstić information content (AvgIpc) is 2.76. The first-order valence-electron chi connectivity index (χ1n) is 4.96. The summed E-state index contributed by atoms with van der Waals surface area (Å²) in [7, 11) is 1.58. The van der Waals surface area contributed by atoms with Crippen molar-refractivity contribution >= 4 is 5.97 Å². The Kier molecular flexibility index (Phi) is 3.04. The number of rotatable bonds is 4. The number of carboxylic acid groups (broad SMARTS) is 1. The number of hydrogen-bond donors (Lipinski definition) is 1. The Morgan fingerprint density at radius 2 is 2.12 bits per heavy atom. The van der Waals surface area contributed by atoms with Crippen LogP contribution >= 0.6 is 0 Å². The second kappa shape index (κ2) is 4.65. The summed E-state index contributed by atoms with van der Waals surface area (Å²) in [5.41, 5.74) is 1.28. The summed E-state index contributed by atoms with van der Waals surface area (Å²) in [6, 6.07) is 7.14. The zero-order valence-electron chi connectivity index (χ0n) is 9.20. The number of methoxy groups -OCH3 is 1. The molecule has 1 aromatic carbocycles. The smallest absolute Gasteiger partial charge is 0.309 e. The highest BCUT2D eigenvalue weighted by Gasteiger charge is 2.09. The largest absolute Gasteiger partial charge is 0.497 e. The van der Waals surface area contributed by atoms with E-state index >= 15 is 0 Å². The Morgan fingerprint density at radius 1 is 1.41 bits per heavy atom. The molecule has 0 atom stereocenters. The van der Waals surface area contributed by atoms with Crippen LogP contribution in [0.25, 0.3) is 5.69 Å². The van der Waals surface area contributed by atoms with Crippen molar-refractivity contribution in [3.05, 3.63) is 36.2 Å². The number of carbonyl (C=O) groups is 1. The number of carboxylic acids is 1. The van der Waals surface area contributed by atoms with E-state index < -0.39 is 5.97 Å². The molecule has 0 amide bonds. The van der Waals surface area contributed by atoms with Crippen LogP contribution in [0.4, 0.5) is 0 Å². The van der Waals surface area contributed by atoms with Crippen LogP contribution in [0.2, 0.25) is 0 Å². The van der Waals surface area contributed by atoms with Crippen LogP contribution in [0.1, 0.15) is 5.69 Å². The van der Waals surface area contributed by atoms with Gasteiger partial charge in [0, 0.05) is 0 Å². The molecule has 0 unspecified atom stereocenters. The van der Waals surface area contributed by atoms with E-state index in [4.69, 9.17) is 9.84 Å². The van der Waals surface area contributed by atoms with Gasteiger partial charge in [0.2, 0.25) is 0 Å². The monoisotopic (exact) mass is 233 g/mol. The van der Waals surface area contributed by atoms with E-state index in [-0.39, 0.29) is 6.42 Å². The van der Waals surface area contributed by atoms with Crippen molar-refractivity contribution in [1.29, 1.82) is 0 Å². The zero-order valence-corrected chi connectivity index (χ0v) is 9.20. The molecule has 0 fully saturated rings. The van der Waals surface area contributed by atoms with Crippen LogP contribution in [0.3, 0.4) is 0 Å². The minimum absolute atomic E-state index is 0.112. The maximum atomic E-state index is 10.7. The second-order valence-electron chi connectivity index (χ2n) is 3.41. The Balaban J connectivity index is 2.32. The van der Waals surface area contributed by atoms with Crippen molar-refractivity contribution in [2.45, 2.75) is 6.42 Å². The van der Waals surface area contributed by atoms with Gasteiger partial charge < -0.3 is 9.84 Å². The van der Waals surface area contributed by atoms with Crippen molar-refractivity contribution in [3.63, 3.8) is 0 Å². The standard InChI is InChI=1S/C11H11N3O3/c1-17-10-4-2-8(3-5-10)14-9(6-11(15)16)7-12-13-14/h2-5,7H,6H2,1H3,(H,15,16). The molecular formula is C11H11N3O3. The minimum Gasteiger partial charge on any atom is -0.497 e. The molecule has 0 aliphatic rings. The van der Waals surface area contributed by atoms with E-state index in [1.807, 2.05) is 0 Å². The number of aromatic nitrogens is 3. The van der Waals surface area contributed by atoms with Crippen molar-refractivity contribution in [2.24, 2.45) is 0 Å². The normalized spacial score (nSPS) is 10.2. The molecule has 0 spiro atoms. The van der Waals surface area contributed by atoms with Crippen molar-refractivity contribution < 1.29 is 14.6 Å². The third-order valence-electron chi connectivity index (χ3n) is 2.27. The molecule has 6 heteroatoms. The van der Waals surface area contributed by atoms with E-state index in [0.29, 0.717) is 5.69 Å². The van der Waals surface area contributed by atoms with Gasteiger partial charge in [0.05, 0.1) is 31.1 Å². The lowest BCUT2D eigenvalue weighted by Gasteiger charge is -2.05. The Morgan fingerprint density at radius 3 is 2.71 bits per heavy atom. The third kappa shape index (κ3) is 2.41. The predicted molar refractivity (Wildman–Crippen MR) is 59.3 cm³/mol. The number of ether oxygens (including phenoxy) is 1. The van der Waals surface area contributed by atoms with Gasteiger partial charge in [-0.2, -0.15) is 0 Å². The average molecular weight is 233 g/mol. The first-order chi connectivity index (χ1) is 8.20. The van der Waals surface area contributed by atoms with Crippen molar-refractivity contribution in [1.82, 2.24) is 15.0 Å². The highest BCUT2D eigenvalue weighted by Crippen LogP contribution is 2.15. The van der Waals surface area contributed by atoms with Gasteiger partial charge in [0.25, 0.3) is 0 Å². The lowest BCUT2D eigenvalue weighted by atomic mass is 10.2. The quantitative estimate of drug-likeness (QED) is 0.849. The molecule has 2 aromatic rings. The van der Waals surface area contributed by atoms with Gasteiger partial charge in [-0.05, 0) is 24.3 Å². The lowest BCUT2D eigenvalue weighted by molar-refractivity contribution is -0.136. The highest BCUT2D eigenvalue weighted by molar-refractivity contribution is 5.69. The minimum atomic E-state index is -0.915. The van der Waals surface area contributed by atoms with Crippen LogP contribution < -0.4 is 4.74 Å². The summed E-state index contributed by atoms with van der Waals surface area (Å²) < 4.78 is 6.54. The molecule has 0 bridgehead atoms. The molecule has 1 N–H and O–H groups in total. The molecule has 2 rings (SSSR count).